The lowest BCUT2D eigenvalue weighted by Gasteiger charge is -2.17. The number of likely N-dealkylation sites (N-methyl/N-ethyl adjacent to an activating group) is 1. The van der Waals surface area contributed by atoms with E-state index in [0.717, 1.165) is 15.6 Å². The van der Waals surface area contributed by atoms with E-state index in [2.05, 4.69) is 0 Å². The van der Waals surface area contributed by atoms with E-state index < -0.39 is 5.97 Å². The molecule has 1 amide bonds. The lowest BCUT2D eigenvalue weighted by molar-refractivity contribution is -0.135. The van der Waals surface area contributed by atoms with Gasteiger partial charge in [-0.25, -0.2) is 0 Å². The number of aliphatic carboxylic acids is 1. The number of allylic oxidation sites excluding steroid dienone is 4. The molecular weight excluding hydrogens is 388 g/mol. The second-order valence-corrected chi connectivity index (χ2v) is 8.13. The maximum Gasteiger partial charge on any atom is 0.323 e. The molecule has 1 fully saturated rings. The van der Waals surface area contributed by atoms with Gasteiger partial charge in [-0.05, 0) is 31.2 Å². The topological polar surface area (TPSA) is 60.9 Å². The Bertz CT molecular complexity index is 861. The van der Waals surface area contributed by atoms with Crippen molar-refractivity contribution in [2.75, 3.05) is 18.0 Å². The number of nitrogens with zero attached hydrogens (tertiary/aromatic N) is 2. The number of benzene rings is 1. The number of hydrogen-bond acceptors (Lipinski definition) is 6. The Morgan fingerprint density at radius 2 is 1.92 bits per heavy atom. The van der Waals surface area contributed by atoms with Gasteiger partial charge in [-0.2, -0.15) is 0 Å². The minimum absolute atomic E-state index is 0.0741. The number of hydrogen-bond donors (Lipinski definition) is 1. The summed E-state index contributed by atoms with van der Waals surface area (Å²) < 4.78 is 0.574. The number of amides is 1. The second kappa shape index (κ2) is 8.11. The van der Waals surface area contributed by atoms with Crippen LogP contribution in [0.15, 0.2) is 63.4 Å². The van der Waals surface area contributed by atoms with E-state index >= 15 is 0 Å². The van der Waals surface area contributed by atoms with Crippen molar-refractivity contribution in [3.05, 3.63) is 58.5 Å². The number of para-hydroxylation sites is 1. The standard InChI is InChI=1S/C18H16N2O3S3/c1-2-19-17(23)14(26-18(19)24)9-5-6-10-15-20(11-16(21)22)12-7-3-4-8-13(12)25-15/h3-10H,2,11H2,1H3,(H,21,22). The Morgan fingerprint density at radius 3 is 2.62 bits per heavy atom. The van der Waals surface area contributed by atoms with E-state index in [9.17, 15) is 14.7 Å². The number of thiocarbonyl (C=S) groups is 1. The number of carboxylic acids is 1. The zero-order chi connectivity index (χ0) is 18.7. The first-order chi connectivity index (χ1) is 12.5. The molecule has 0 spiro atoms. The van der Waals surface area contributed by atoms with E-state index in [1.807, 2.05) is 43.3 Å². The van der Waals surface area contributed by atoms with Crippen LogP contribution in [0.4, 0.5) is 5.69 Å². The van der Waals surface area contributed by atoms with Crippen LogP contribution in [-0.4, -0.2) is 39.3 Å². The van der Waals surface area contributed by atoms with Crippen molar-refractivity contribution >= 4 is 57.6 Å². The van der Waals surface area contributed by atoms with Gasteiger partial charge in [-0.15, -0.1) is 0 Å². The molecule has 1 aromatic carbocycles. The number of thioether (sulfide) groups is 2. The normalized spacial score (nSPS) is 20.0. The number of carboxylic acid groups (broad SMARTS) is 1. The predicted molar refractivity (Wildman–Crippen MR) is 110 cm³/mol. The van der Waals surface area contributed by atoms with E-state index in [1.54, 1.807) is 22.0 Å². The lowest BCUT2D eigenvalue weighted by atomic mass is 10.3. The van der Waals surface area contributed by atoms with Gasteiger partial charge in [0.05, 0.1) is 15.6 Å². The van der Waals surface area contributed by atoms with Crippen LogP contribution in [0, 0.1) is 0 Å². The van der Waals surface area contributed by atoms with Crippen LogP contribution in [0.1, 0.15) is 6.92 Å². The highest BCUT2D eigenvalue weighted by molar-refractivity contribution is 8.26. The van der Waals surface area contributed by atoms with Crippen LogP contribution in [0.3, 0.4) is 0 Å². The zero-order valence-corrected chi connectivity index (χ0v) is 16.4. The third kappa shape index (κ3) is 3.87. The maximum atomic E-state index is 12.1. The monoisotopic (exact) mass is 404 g/mol. The van der Waals surface area contributed by atoms with Gasteiger partial charge in [-0.1, -0.05) is 60.0 Å². The van der Waals surface area contributed by atoms with Crippen molar-refractivity contribution in [2.45, 2.75) is 11.8 Å². The predicted octanol–water partition coefficient (Wildman–Crippen LogP) is 3.85. The van der Waals surface area contributed by atoms with Gasteiger partial charge in [-0.3, -0.25) is 14.5 Å². The molecule has 0 bridgehead atoms. The van der Waals surface area contributed by atoms with Crippen LogP contribution in [0.5, 0.6) is 0 Å². The second-order valence-electron chi connectivity index (χ2n) is 5.39. The molecule has 26 heavy (non-hydrogen) atoms. The van der Waals surface area contributed by atoms with Gasteiger partial charge in [0.2, 0.25) is 0 Å². The Labute approximate surface area is 165 Å². The molecule has 0 atom stereocenters. The van der Waals surface area contributed by atoms with Gasteiger partial charge in [0.25, 0.3) is 5.91 Å². The summed E-state index contributed by atoms with van der Waals surface area (Å²) in [7, 11) is 0. The molecule has 0 unspecified atom stereocenters. The summed E-state index contributed by atoms with van der Waals surface area (Å²) in [5.41, 5.74) is 0.892. The summed E-state index contributed by atoms with van der Waals surface area (Å²) in [4.78, 5) is 28.3. The Kier molecular flexibility index (Phi) is 5.85. The molecule has 5 nitrogen and oxygen atoms in total. The van der Waals surface area contributed by atoms with Crippen molar-refractivity contribution in [2.24, 2.45) is 0 Å². The molecule has 0 aliphatic carbocycles. The van der Waals surface area contributed by atoms with E-state index in [-0.39, 0.29) is 12.5 Å². The minimum Gasteiger partial charge on any atom is -0.480 e. The first-order valence-corrected chi connectivity index (χ1v) is 9.94. The fraction of sp³-hybridized carbons (Fsp3) is 0.167. The number of carbonyl (C=O) groups excluding carboxylic acids is 1. The molecule has 3 rings (SSSR count). The van der Waals surface area contributed by atoms with E-state index in [1.165, 1.54) is 23.5 Å². The highest BCUT2D eigenvalue weighted by atomic mass is 32.2. The summed E-state index contributed by atoms with van der Waals surface area (Å²) in [5.74, 6) is -0.963. The average molecular weight is 405 g/mol. The largest absolute Gasteiger partial charge is 0.480 e. The van der Waals surface area contributed by atoms with Gasteiger partial charge in [0.1, 0.15) is 10.9 Å². The van der Waals surface area contributed by atoms with Crippen LogP contribution in [0.2, 0.25) is 0 Å². The quantitative estimate of drug-likeness (QED) is 0.591. The summed E-state index contributed by atoms with van der Waals surface area (Å²) in [5, 5.41) is 10.0. The van der Waals surface area contributed by atoms with E-state index in [0.29, 0.717) is 15.8 Å². The molecular formula is C18H16N2O3S3. The molecule has 0 radical (unpaired) electrons. The van der Waals surface area contributed by atoms with Crippen molar-refractivity contribution in [1.29, 1.82) is 0 Å². The molecule has 2 aliphatic rings. The van der Waals surface area contributed by atoms with Gasteiger partial charge >= 0.3 is 5.97 Å². The van der Waals surface area contributed by atoms with Crippen molar-refractivity contribution in [3.63, 3.8) is 0 Å². The molecule has 1 saturated heterocycles. The van der Waals surface area contributed by atoms with E-state index in [4.69, 9.17) is 12.2 Å². The molecule has 2 aliphatic heterocycles. The molecule has 2 heterocycles. The third-order valence-electron chi connectivity index (χ3n) is 3.72. The minimum atomic E-state index is -0.888. The van der Waals surface area contributed by atoms with Crippen molar-refractivity contribution in [1.82, 2.24) is 4.90 Å². The smallest absolute Gasteiger partial charge is 0.323 e. The zero-order valence-electron chi connectivity index (χ0n) is 13.9. The fourth-order valence-corrected chi connectivity index (χ4v) is 4.95. The molecule has 8 heteroatoms. The fourth-order valence-electron chi connectivity index (χ4n) is 2.54. The van der Waals surface area contributed by atoms with Crippen LogP contribution in [-0.2, 0) is 9.59 Å². The molecule has 1 N–H and O–H groups in total. The average Bonchev–Trinajstić information content (AvgIpc) is 3.08. The van der Waals surface area contributed by atoms with Gasteiger partial charge in [0, 0.05) is 11.4 Å². The van der Waals surface area contributed by atoms with Crippen LogP contribution >= 0.6 is 35.7 Å². The maximum absolute atomic E-state index is 12.1. The third-order valence-corrected chi connectivity index (χ3v) is 6.24. The molecule has 0 saturated carbocycles. The molecule has 134 valence electrons. The van der Waals surface area contributed by atoms with Crippen LogP contribution in [0.25, 0.3) is 0 Å². The number of fused-ring (bicyclic) bond motifs is 1. The Hall–Kier alpha value is -2.03. The van der Waals surface area contributed by atoms with Gasteiger partial charge in [0.15, 0.2) is 0 Å². The summed E-state index contributed by atoms with van der Waals surface area (Å²) >= 11 is 8.00. The Balaban J connectivity index is 1.77. The molecule has 1 aromatic rings. The van der Waals surface area contributed by atoms with Gasteiger partial charge < -0.3 is 10.0 Å². The highest BCUT2D eigenvalue weighted by Crippen LogP contribution is 2.45. The highest BCUT2D eigenvalue weighted by Gasteiger charge is 2.30. The number of rotatable bonds is 5. The summed E-state index contributed by atoms with van der Waals surface area (Å²) in [6.45, 7) is 2.35. The summed E-state index contributed by atoms with van der Waals surface area (Å²) in [6, 6.07) is 7.70. The first kappa shape index (κ1) is 18.8. The summed E-state index contributed by atoms with van der Waals surface area (Å²) in [6.07, 6.45) is 7.17. The number of carbonyl (C=O) groups is 2. The lowest BCUT2D eigenvalue weighted by Crippen LogP contribution is -2.27. The first-order valence-electron chi connectivity index (χ1n) is 7.89. The van der Waals surface area contributed by atoms with Crippen molar-refractivity contribution < 1.29 is 14.7 Å². The number of anilines is 1. The Morgan fingerprint density at radius 1 is 1.19 bits per heavy atom. The molecule has 0 aromatic heterocycles. The van der Waals surface area contributed by atoms with Crippen molar-refractivity contribution in [3.8, 4) is 0 Å². The SMILES string of the molecule is CCN1C(=O)C(=CC=CC=C2Sc3ccccc3N2CC(=O)O)SC1=S. The van der Waals surface area contributed by atoms with Crippen LogP contribution < -0.4 is 4.90 Å².